The van der Waals surface area contributed by atoms with E-state index in [1.807, 2.05) is 31.2 Å². The van der Waals surface area contributed by atoms with E-state index < -0.39 is 5.97 Å². The van der Waals surface area contributed by atoms with Crippen LogP contribution in [0.1, 0.15) is 52.1 Å². The van der Waals surface area contributed by atoms with Crippen LogP contribution in [0.2, 0.25) is 0 Å². The van der Waals surface area contributed by atoms with Gasteiger partial charge in [-0.2, -0.15) is 0 Å². The van der Waals surface area contributed by atoms with Gasteiger partial charge >= 0.3 is 5.97 Å². The zero-order valence-corrected chi connectivity index (χ0v) is 16.7. The molecule has 152 valence electrons. The highest BCUT2D eigenvalue weighted by molar-refractivity contribution is 5.94. The zero-order chi connectivity index (χ0) is 21.1. The van der Waals surface area contributed by atoms with Crippen molar-refractivity contribution in [2.75, 3.05) is 0 Å². The maximum Gasteiger partial charge on any atom is 0.354 e. The number of carboxylic acid groups (broad SMARTS) is 1. The van der Waals surface area contributed by atoms with Gasteiger partial charge in [0.05, 0.1) is 5.69 Å². The molecule has 4 nitrogen and oxygen atoms in total. The van der Waals surface area contributed by atoms with Gasteiger partial charge in [0, 0.05) is 5.56 Å². The van der Waals surface area contributed by atoms with Crippen molar-refractivity contribution in [2.24, 2.45) is 0 Å². The first-order valence-corrected chi connectivity index (χ1v) is 9.92. The Morgan fingerprint density at radius 3 is 2.60 bits per heavy atom. The van der Waals surface area contributed by atoms with E-state index >= 15 is 0 Å². The van der Waals surface area contributed by atoms with Gasteiger partial charge in [-0.3, -0.25) is 0 Å². The largest absolute Gasteiger partial charge is 0.488 e. The average Bonchev–Trinajstić information content (AvgIpc) is 3.24. The summed E-state index contributed by atoms with van der Waals surface area (Å²) in [5.74, 6) is -0.788. The molecule has 0 aliphatic heterocycles. The minimum absolute atomic E-state index is 0.00124. The Labute approximate surface area is 174 Å². The van der Waals surface area contributed by atoms with Crippen LogP contribution in [0.4, 0.5) is 4.39 Å². The molecule has 4 rings (SSSR count). The second-order valence-corrected chi connectivity index (χ2v) is 7.44. The minimum Gasteiger partial charge on any atom is -0.488 e. The van der Waals surface area contributed by atoms with E-state index in [1.54, 1.807) is 18.2 Å². The Bertz CT molecular complexity index is 1120. The molecule has 0 bridgehead atoms. The molecule has 0 atom stereocenters. The standard InChI is InChI=1S/C25H22FNO3/c1-16-8-10-17(11-9-16)15-30-24-13-12-18(26)14-21(24)19-4-2-5-20(19)22-6-3-7-23(27-22)25(28)29/h3,6-14H,2,4-5,15H2,1H3,(H,28,29). The molecule has 1 aromatic heterocycles. The molecule has 0 spiro atoms. The van der Waals surface area contributed by atoms with Crippen molar-refractivity contribution in [3.63, 3.8) is 0 Å². The highest BCUT2D eigenvalue weighted by Gasteiger charge is 2.22. The second kappa shape index (κ2) is 8.49. The number of ether oxygens (including phenoxy) is 1. The monoisotopic (exact) mass is 403 g/mol. The molecule has 2 aromatic carbocycles. The van der Waals surface area contributed by atoms with E-state index in [0.29, 0.717) is 23.6 Å². The lowest BCUT2D eigenvalue weighted by atomic mass is 9.98. The van der Waals surface area contributed by atoms with Gasteiger partial charge in [-0.15, -0.1) is 0 Å². The summed E-state index contributed by atoms with van der Waals surface area (Å²) < 4.78 is 20.2. The van der Waals surface area contributed by atoms with Gasteiger partial charge in [0.2, 0.25) is 0 Å². The zero-order valence-electron chi connectivity index (χ0n) is 16.7. The lowest BCUT2D eigenvalue weighted by Crippen LogP contribution is -2.03. The Morgan fingerprint density at radius 1 is 1.07 bits per heavy atom. The fraction of sp³-hybridized carbons (Fsp3) is 0.200. The number of carboxylic acids is 1. The number of halogens is 1. The number of nitrogens with zero attached hydrogens (tertiary/aromatic N) is 1. The molecule has 1 heterocycles. The van der Waals surface area contributed by atoms with Crippen LogP contribution in [0.15, 0.2) is 60.7 Å². The highest BCUT2D eigenvalue weighted by Crippen LogP contribution is 2.42. The first-order chi connectivity index (χ1) is 14.5. The molecule has 1 aliphatic carbocycles. The summed E-state index contributed by atoms with van der Waals surface area (Å²) >= 11 is 0. The van der Waals surface area contributed by atoms with Gasteiger partial charge in [-0.1, -0.05) is 35.9 Å². The maximum absolute atomic E-state index is 14.1. The van der Waals surface area contributed by atoms with Crippen molar-refractivity contribution in [1.29, 1.82) is 0 Å². The van der Waals surface area contributed by atoms with Gasteiger partial charge in [0.25, 0.3) is 0 Å². The Kier molecular flexibility index (Phi) is 5.61. The number of allylic oxidation sites excluding steroid dienone is 2. The number of aryl methyl sites for hydroxylation is 1. The topological polar surface area (TPSA) is 59.4 Å². The molecule has 5 heteroatoms. The first kappa shape index (κ1) is 19.8. The number of carbonyl (C=O) groups is 1. The second-order valence-electron chi connectivity index (χ2n) is 7.44. The predicted octanol–water partition coefficient (Wildman–Crippen LogP) is 5.90. The fourth-order valence-corrected chi connectivity index (χ4v) is 3.75. The van der Waals surface area contributed by atoms with Crippen LogP contribution in [0.25, 0.3) is 11.1 Å². The predicted molar refractivity (Wildman–Crippen MR) is 114 cm³/mol. The van der Waals surface area contributed by atoms with Crippen LogP contribution in [-0.4, -0.2) is 16.1 Å². The van der Waals surface area contributed by atoms with Crippen molar-refractivity contribution in [3.05, 3.63) is 94.6 Å². The smallest absolute Gasteiger partial charge is 0.354 e. The normalized spacial score (nSPS) is 13.5. The molecule has 3 aromatic rings. The molecule has 0 saturated carbocycles. The molecule has 0 saturated heterocycles. The average molecular weight is 403 g/mol. The van der Waals surface area contributed by atoms with Crippen molar-refractivity contribution < 1.29 is 19.0 Å². The minimum atomic E-state index is -1.06. The summed E-state index contributed by atoms with van der Waals surface area (Å²) in [5, 5.41) is 9.26. The number of benzene rings is 2. The third-order valence-corrected chi connectivity index (χ3v) is 5.28. The molecule has 1 aliphatic rings. The van der Waals surface area contributed by atoms with Crippen molar-refractivity contribution >= 4 is 17.1 Å². The van der Waals surface area contributed by atoms with E-state index in [9.17, 15) is 14.3 Å². The molecule has 0 amide bonds. The highest BCUT2D eigenvalue weighted by atomic mass is 19.1. The van der Waals surface area contributed by atoms with Gasteiger partial charge in [-0.05, 0) is 73.2 Å². The van der Waals surface area contributed by atoms with Gasteiger partial charge in [0.1, 0.15) is 23.9 Å². The van der Waals surface area contributed by atoms with Gasteiger partial charge < -0.3 is 9.84 Å². The molecule has 0 unspecified atom stereocenters. The van der Waals surface area contributed by atoms with Crippen LogP contribution < -0.4 is 4.74 Å². The summed E-state index contributed by atoms with van der Waals surface area (Å²) in [6.07, 6.45) is 2.43. The molecular formula is C25H22FNO3. The lowest BCUT2D eigenvalue weighted by Gasteiger charge is -2.15. The number of hydrogen-bond acceptors (Lipinski definition) is 3. The molecule has 30 heavy (non-hydrogen) atoms. The number of aromatic nitrogens is 1. The number of hydrogen-bond donors (Lipinski definition) is 1. The van der Waals surface area contributed by atoms with Crippen molar-refractivity contribution in [2.45, 2.75) is 32.8 Å². The van der Waals surface area contributed by atoms with Crippen LogP contribution in [0, 0.1) is 12.7 Å². The van der Waals surface area contributed by atoms with Crippen LogP contribution in [-0.2, 0) is 6.61 Å². The Hall–Kier alpha value is -3.47. The Balaban J connectivity index is 1.70. The first-order valence-electron chi connectivity index (χ1n) is 9.92. The molecule has 1 N–H and O–H groups in total. The lowest BCUT2D eigenvalue weighted by molar-refractivity contribution is 0.0690. The summed E-state index contributed by atoms with van der Waals surface area (Å²) in [4.78, 5) is 15.6. The quantitative estimate of drug-likeness (QED) is 0.557. The summed E-state index contributed by atoms with van der Waals surface area (Å²) in [6.45, 7) is 2.42. The maximum atomic E-state index is 14.1. The van der Waals surface area contributed by atoms with E-state index in [-0.39, 0.29) is 11.5 Å². The SMILES string of the molecule is Cc1ccc(COc2ccc(F)cc2C2=C(c3cccc(C(=O)O)n3)CCC2)cc1. The number of aromatic carboxylic acids is 1. The summed E-state index contributed by atoms with van der Waals surface area (Å²) in [7, 11) is 0. The number of rotatable bonds is 6. The molecule has 0 fully saturated rings. The third-order valence-electron chi connectivity index (χ3n) is 5.28. The number of pyridine rings is 1. The van der Waals surface area contributed by atoms with Crippen LogP contribution in [0.5, 0.6) is 5.75 Å². The van der Waals surface area contributed by atoms with Crippen molar-refractivity contribution in [3.8, 4) is 5.75 Å². The summed E-state index contributed by atoms with van der Waals surface area (Å²) in [5.41, 5.74) is 5.45. The Morgan fingerprint density at radius 2 is 1.83 bits per heavy atom. The van der Waals surface area contributed by atoms with Crippen LogP contribution in [0.3, 0.4) is 0 Å². The van der Waals surface area contributed by atoms with Gasteiger partial charge in [-0.25, -0.2) is 14.2 Å². The fourth-order valence-electron chi connectivity index (χ4n) is 3.75. The van der Waals surface area contributed by atoms with E-state index in [4.69, 9.17) is 4.74 Å². The van der Waals surface area contributed by atoms with E-state index in [1.165, 1.54) is 23.8 Å². The van der Waals surface area contributed by atoms with Gasteiger partial charge in [0.15, 0.2) is 0 Å². The van der Waals surface area contributed by atoms with Crippen LogP contribution >= 0.6 is 0 Å². The molecular weight excluding hydrogens is 381 g/mol. The summed E-state index contributed by atoms with van der Waals surface area (Å²) in [6, 6.07) is 17.6. The molecule has 0 radical (unpaired) electrons. The van der Waals surface area contributed by atoms with E-state index in [2.05, 4.69) is 4.98 Å². The van der Waals surface area contributed by atoms with Crippen molar-refractivity contribution in [1.82, 2.24) is 4.98 Å². The van der Waals surface area contributed by atoms with E-state index in [0.717, 1.165) is 36.0 Å². The third kappa shape index (κ3) is 4.25.